The maximum absolute atomic E-state index is 10.9. The molecule has 2 aromatic rings. The normalized spacial score (nSPS) is 9.38. The van der Waals surface area contributed by atoms with Gasteiger partial charge in [-0.25, -0.2) is 10.6 Å². The summed E-state index contributed by atoms with van der Waals surface area (Å²) in [5.74, 6) is 4.86. The third-order valence-electron chi connectivity index (χ3n) is 3.48. The first-order valence-electron chi connectivity index (χ1n) is 7.68. The molecule has 0 aliphatic rings. The van der Waals surface area contributed by atoms with E-state index in [1.165, 1.54) is 6.07 Å². The minimum atomic E-state index is -0.947. The third-order valence-corrected chi connectivity index (χ3v) is 3.48. The van der Waals surface area contributed by atoms with Crippen molar-refractivity contribution in [3.05, 3.63) is 53.1 Å². The summed E-state index contributed by atoms with van der Waals surface area (Å²) < 4.78 is 11.2. The van der Waals surface area contributed by atoms with Gasteiger partial charge in [-0.1, -0.05) is 6.07 Å². The summed E-state index contributed by atoms with van der Waals surface area (Å²) in [6.45, 7) is 2.15. The molecule has 0 atom stereocenters. The maximum atomic E-state index is 10.9. The van der Waals surface area contributed by atoms with Crippen molar-refractivity contribution in [2.24, 2.45) is 5.84 Å². The van der Waals surface area contributed by atoms with Gasteiger partial charge in [-0.3, -0.25) is 10.2 Å². The Morgan fingerprint density at radius 2 is 1.96 bits per heavy atom. The molecule has 26 heavy (non-hydrogen) atoms. The summed E-state index contributed by atoms with van der Waals surface area (Å²) in [6.07, 6.45) is 0.403. The van der Waals surface area contributed by atoms with Gasteiger partial charge in [-0.15, -0.1) is 0 Å². The lowest BCUT2D eigenvalue weighted by Gasteiger charge is -2.15. The summed E-state index contributed by atoms with van der Waals surface area (Å²) in [4.78, 5) is 19.9. The quantitative estimate of drug-likeness (QED) is 0.257. The fourth-order valence-electron chi connectivity index (χ4n) is 2.23. The molecule has 0 aromatic heterocycles. The number of rotatable bonds is 7. The van der Waals surface area contributed by atoms with Crippen molar-refractivity contribution in [1.29, 1.82) is 0 Å². The summed E-state index contributed by atoms with van der Waals surface area (Å²) in [5.41, 5.74) is 4.62. The molecular formula is C18H23N3O5. The van der Waals surface area contributed by atoms with E-state index in [4.69, 9.17) is 19.4 Å². The number of aromatic carboxylic acids is 1. The van der Waals surface area contributed by atoms with E-state index in [2.05, 4.69) is 11.2 Å². The molecule has 0 spiro atoms. The highest BCUT2D eigenvalue weighted by Crippen LogP contribution is 2.28. The molecule has 2 aromatic carbocycles. The van der Waals surface area contributed by atoms with Crippen LogP contribution in [0.5, 0.6) is 11.5 Å². The van der Waals surface area contributed by atoms with Gasteiger partial charge in [0.1, 0.15) is 18.1 Å². The van der Waals surface area contributed by atoms with Gasteiger partial charge in [0.25, 0.3) is 0 Å². The van der Waals surface area contributed by atoms with Crippen molar-refractivity contribution < 1.29 is 24.2 Å². The predicted octanol–water partition coefficient (Wildman–Crippen LogP) is 1.93. The zero-order valence-corrected chi connectivity index (χ0v) is 14.9. The zero-order valence-electron chi connectivity index (χ0n) is 14.9. The number of carbonyl (C=O) groups is 2. The second kappa shape index (κ2) is 10.6. The number of hydrogen-bond acceptors (Lipinski definition) is 6. The van der Waals surface area contributed by atoms with Gasteiger partial charge >= 0.3 is 5.97 Å². The molecule has 0 fully saturated rings. The van der Waals surface area contributed by atoms with Crippen LogP contribution in [0.3, 0.4) is 0 Å². The number of ether oxygens (including phenoxy) is 2. The van der Waals surface area contributed by atoms with Gasteiger partial charge in [-0.2, -0.15) is 0 Å². The summed E-state index contributed by atoms with van der Waals surface area (Å²) in [5, 5.41) is 12.1. The Bertz CT molecular complexity index is 727. The van der Waals surface area contributed by atoms with Crippen molar-refractivity contribution in [3.63, 3.8) is 0 Å². The van der Waals surface area contributed by atoms with Crippen molar-refractivity contribution >= 4 is 18.1 Å². The van der Waals surface area contributed by atoms with Crippen molar-refractivity contribution in [2.45, 2.75) is 13.5 Å². The summed E-state index contributed by atoms with van der Waals surface area (Å²) in [6, 6.07) is 10.5. The Morgan fingerprint density at radius 1 is 1.27 bits per heavy atom. The standard InChI is InChI=1S/C17H19NO4.CH4N2O/c1-11-9-12(17(19)20)7-8-15(11)22-10-13-14(18-2)5-4-6-16(13)21-3;2-3-1-4/h4-9,18H,10H2,1-3H3,(H,19,20);1H,2H2,(H,3,4). The molecule has 0 saturated carbocycles. The molecule has 0 radical (unpaired) electrons. The van der Waals surface area contributed by atoms with E-state index in [0.717, 1.165) is 22.6 Å². The Morgan fingerprint density at radius 3 is 2.46 bits per heavy atom. The first-order chi connectivity index (χ1) is 12.5. The number of carboxylic acid groups (broad SMARTS) is 1. The monoisotopic (exact) mass is 361 g/mol. The summed E-state index contributed by atoms with van der Waals surface area (Å²) >= 11 is 0. The number of carbonyl (C=O) groups excluding carboxylic acids is 1. The molecule has 1 amide bonds. The lowest BCUT2D eigenvalue weighted by molar-refractivity contribution is -0.109. The predicted molar refractivity (Wildman–Crippen MR) is 98.4 cm³/mol. The van der Waals surface area contributed by atoms with Crippen LogP contribution >= 0.6 is 0 Å². The topological polar surface area (TPSA) is 123 Å². The molecule has 0 bridgehead atoms. The smallest absolute Gasteiger partial charge is 0.335 e. The van der Waals surface area contributed by atoms with Gasteiger partial charge in [0.15, 0.2) is 0 Å². The van der Waals surface area contributed by atoms with Gasteiger partial charge in [0.05, 0.1) is 18.2 Å². The molecule has 0 aliphatic heterocycles. The van der Waals surface area contributed by atoms with Gasteiger partial charge in [0.2, 0.25) is 6.41 Å². The number of nitrogens with one attached hydrogen (secondary N) is 2. The zero-order chi connectivity index (χ0) is 19.5. The highest BCUT2D eigenvalue weighted by atomic mass is 16.5. The van der Waals surface area contributed by atoms with Crippen molar-refractivity contribution in [1.82, 2.24) is 5.43 Å². The Balaban J connectivity index is 0.000000765. The van der Waals surface area contributed by atoms with Crippen LogP contribution < -0.4 is 26.1 Å². The number of benzene rings is 2. The van der Waals surface area contributed by atoms with Crippen LogP contribution in [0.25, 0.3) is 0 Å². The number of hydrazine groups is 1. The highest BCUT2D eigenvalue weighted by Gasteiger charge is 2.11. The van der Waals surface area contributed by atoms with Crippen LogP contribution in [0.1, 0.15) is 21.5 Å². The molecule has 0 unspecified atom stereocenters. The molecule has 2 rings (SSSR count). The van der Waals surface area contributed by atoms with Crippen molar-refractivity contribution in [3.8, 4) is 11.5 Å². The van der Waals surface area contributed by atoms with E-state index in [9.17, 15) is 4.79 Å². The molecular weight excluding hydrogens is 338 g/mol. The average molecular weight is 361 g/mol. The number of anilines is 1. The molecule has 0 saturated heterocycles. The summed E-state index contributed by atoms with van der Waals surface area (Å²) in [7, 11) is 3.45. The largest absolute Gasteiger partial charge is 0.496 e. The van der Waals surface area contributed by atoms with Gasteiger partial charge in [0, 0.05) is 12.7 Å². The van der Waals surface area contributed by atoms with Crippen LogP contribution in [0.4, 0.5) is 5.69 Å². The van der Waals surface area contributed by atoms with Crippen LogP contribution in [0.15, 0.2) is 36.4 Å². The number of hydrogen-bond donors (Lipinski definition) is 4. The lowest BCUT2D eigenvalue weighted by Crippen LogP contribution is -2.18. The second-order valence-corrected chi connectivity index (χ2v) is 5.10. The minimum Gasteiger partial charge on any atom is -0.496 e. The molecule has 5 N–H and O–H groups in total. The average Bonchev–Trinajstić information content (AvgIpc) is 2.66. The Kier molecular flexibility index (Phi) is 8.45. The maximum Gasteiger partial charge on any atom is 0.335 e. The van der Waals surface area contributed by atoms with E-state index >= 15 is 0 Å². The minimum absolute atomic E-state index is 0.248. The van der Waals surface area contributed by atoms with E-state index in [1.54, 1.807) is 24.7 Å². The number of nitrogens with two attached hydrogens (primary N) is 1. The molecule has 8 heteroatoms. The van der Waals surface area contributed by atoms with Crippen LogP contribution in [0.2, 0.25) is 0 Å². The Hall–Kier alpha value is -3.26. The molecule has 0 aliphatic carbocycles. The number of aryl methyl sites for hydroxylation is 1. The van der Waals surface area contributed by atoms with E-state index in [-0.39, 0.29) is 5.56 Å². The first-order valence-corrected chi connectivity index (χ1v) is 7.68. The van der Waals surface area contributed by atoms with E-state index in [1.807, 2.05) is 32.2 Å². The van der Waals surface area contributed by atoms with Crippen LogP contribution in [-0.2, 0) is 11.4 Å². The van der Waals surface area contributed by atoms with Crippen molar-refractivity contribution in [2.75, 3.05) is 19.5 Å². The fourth-order valence-corrected chi connectivity index (χ4v) is 2.23. The highest BCUT2D eigenvalue weighted by molar-refractivity contribution is 5.88. The number of amides is 1. The van der Waals surface area contributed by atoms with Crippen LogP contribution in [0, 0.1) is 6.92 Å². The van der Waals surface area contributed by atoms with E-state index < -0.39 is 5.97 Å². The number of methoxy groups -OCH3 is 1. The van der Waals surface area contributed by atoms with E-state index in [0.29, 0.717) is 18.8 Å². The molecule has 0 heterocycles. The lowest BCUT2D eigenvalue weighted by atomic mass is 10.1. The second-order valence-electron chi connectivity index (χ2n) is 5.10. The van der Waals surface area contributed by atoms with Crippen LogP contribution in [-0.4, -0.2) is 31.6 Å². The Labute approximate surface area is 151 Å². The number of carboxylic acids is 1. The van der Waals surface area contributed by atoms with Gasteiger partial charge in [-0.05, 0) is 42.8 Å². The SMILES string of the molecule is CNc1cccc(OC)c1COc1ccc(C(=O)O)cc1C.NNC=O. The molecule has 8 nitrogen and oxygen atoms in total. The first kappa shape index (κ1) is 20.8. The third kappa shape index (κ3) is 5.67. The van der Waals surface area contributed by atoms with Gasteiger partial charge < -0.3 is 19.9 Å². The molecule has 140 valence electrons. The fraction of sp³-hybridized carbons (Fsp3) is 0.222.